The maximum absolute atomic E-state index is 13.7. The van der Waals surface area contributed by atoms with E-state index in [1.165, 1.54) is 23.6 Å². The molecule has 23 heavy (non-hydrogen) atoms. The molecule has 126 valence electrons. The molecule has 2 rings (SSSR count). The molecule has 0 atom stereocenters. The van der Waals surface area contributed by atoms with Crippen molar-refractivity contribution in [2.45, 2.75) is 13.3 Å². The van der Waals surface area contributed by atoms with E-state index in [-0.39, 0.29) is 34.6 Å². The monoisotopic (exact) mass is 361 g/mol. The van der Waals surface area contributed by atoms with Crippen LogP contribution in [0.15, 0.2) is 23.6 Å². The Morgan fingerprint density at radius 2 is 1.91 bits per heavy atom. The summed E-state index contributed by atoms with van der Waals surface area (Å²) in [6, 6.07) is 3.62. The summed E-state index contributed by atoms with van der Waals surface area (Å²) in [5.41, 5.74) is -0.0330. The van der Waals surface area contributed by atoms with Crippen molar-refractivity contribution in [3.05, 3.63) is 40.9 Å². The normalized spacial score (nSPS) is 10.2. The minimum absolute atomic E-state index is 0. The van der Waals surface area contributed by atoms with Crippen molar-refractivity contribution >= 4 is 29.7 Å². The molecule has 0 fully saturated rings. The first-order valence-corrected chi connectivity index (χ1v) is 7.90. The first-order chi connectivity index (χ1) is 10.6. The second-order valence-corrected chi connectivity index (χ2v) is 5.50. The number of carbonyl (C=O) groups is 1. The summed E-state index contributed by atoms with van der Waals surface area (Å²) in [6.45, 7) is 4.09. The zero-order chi connectivity index (χ0) is 15.9. The number of hydrogen-bond donors (Lipinski definition) is 2. The van der Waals surface area contributed by atoms with Gasteiger partial charge in [-0.2, -0.15) is 0 Å². The van der Waals surface area contributed by atoms with Crippen molar-refractivity contribution in [2.75, 3.05) is 19.6 Å². The molecule has 2 N–H and O–H groups in total. The Balaban J connectivity index is 0.00000264. The topological polar surface area (TPSA) is 54.0 Å². The minimum atomic E-state index is -0.690. The molecule has 0 bridgehead atoms. The fourth-order valence-corrected chi connectivity index (χ4v) is 2.70. The van der Waals surface area contributed by atoms with Gasteiger partial charge >= 0.3 is 0 Å². The SMILES string of the molecule is CCCNCCNC(=O)c1csc(-c2c(F)cccc2F)n1.Cl. The highest BCUT2D eigenvalue weighted by molar-refractivity contribution is 7.13. The van der Waals surface area contributed by atoms with Gasteiger partial charge in [0, 0.05) is 18.5 Å². The summed E-state index contributed by atoms with van der Waals surface area (Å²) in [4.78, 5) is 15.9. The van der Waals surface area contributed by atoms with Crippen LogP contribution in [0.3, 0.4) is 0 Å². The van der Waals surface area contributed by atoms with Crippen LogP contribution in [0.4, 0.5) is 8.78 Å². The molecule has 1 amide bonds. The van der Waals surface area contributed by atoms with E-state index in [4.69, 9.17) is 0 Å². The smallest absolute Gasteiger partial charge is 0.270 e. The molecular formula is C15H18ClF2N3OS. The quantitative estimate of drug-likeness (QED) is 0.744. The molecule has 0 aliphatic heterocycles. The van der Waals surface area contributed by atoms with Gasteiger partial charge in [0.1, 0.15) is 22.3 Å². The highest BCUT2D eigenvalue weighted by Crippen LogP contribution is 2.28. The molecule has 0 saturated heterocycles. The summed E-state index contributed by atoms with van der Waals surface area (Å²) in [6.07, 6.45) is 1.03. The Morgan fingerprint density at radius 3 is 2.57 bits per heavy atom. The van der Waals surface area contributed by atoms with Gasteiger partial charge in [-0.1, -0.05) is 13.0 Å². The van der Waals surface area contributed by atoms with Crippen molar-refractivity contribution in [3.63, 3.8) is 0 Å². The van der Waals surface area contributed by atoms with Gasteiger partial charge in [0.15, 0.2) is 0 Å². The highest BCUT2D eigenvalue weighted by Gasteiger charge is 2.17. The van der Waals surface area contributed by atoms with Gasteiger partial charge in [-0.25, -0.2) is 13.8 Å². The molecule has 0 aliphatic carbocycles. The van der Waals surface area contributed by atoms with Gasteiger partial charge in [0.05, 0.1) is 5.56 Å². The second-order valence-electron chi connectivity index (χ2n) is 4.64. The molecule has 8 heteroatoms. The van der Waals surface area contributed by atoms with Crippen LogP contribution in [0.1, 0.15) is 23.8 Å². The average molecular weight is 362 g/mol. The van der Waals surface area contributed by atoms with Crippen molar-refractivity contribution < 1.29 is 13.6 Å². The molecule has 1 aromatic carbocycles. The number of thiazole rings is 1. The minimum Gasteiger partial charge on any atom is -0.349 e. The number of carbonyl (C=O) groups excluding carboxylic acids is 1. The third-order valence-corrected chi connectivity index (χ3v) is 3.79. The van der Waals surface area contributed by atoms with E-state index in [0.29, 0.717) is 13.1 Å². The van der Waals surface area contributed by atoms with E-state index in [1.807, 2.05) is 0 Å². The zero-order valence-electron chi connectivity index (χ0n) is 12.6. The molecule has 0 radical (unpaired) electrons. The van der Waals surface area contributed by atoms with E-state index >= 15 is 0 Å². The highest BCUT2D eigenvalue weighted by atomic mass is 35.5. The number of nitrogens with one attached hydrogen (secondary N) is 2. The Kier molecular flexibility index (Phi) is 8.08. The van der Waals surface area contributed by atoms with Crippen molar-refractivity contribution in [1.29, 1.82) is 0 Å². The number of rotatable bonds is 7. The third kappa shape index (κ3) is 5.23. The average Bonchev–Trinajstić information content (AvgIpc) is 2.96. The van der Waals surface area contributed by atoms with Crippen LogP contribution < -0.4 is 10.6 Å². The summed E-state index contributed by atoms with van der Waals surface area (Å²) in [7, 11) is 0. The summed E-state index contributed by atoms with van der Waals surface area (Å²) < 4.78 is 27.4. The Hall–Kier alpha value is -1.57. The molecule has 0 spiro atoms. The number of halogens is 3. The van der Waals surface area contributed by atoms with E-state index < -0.39 is 11.6 Å². The Morgan fingerprint density at radius 1 is 1.22 bits per heavy atom. The van der Waals surface area contributed by atoms with Crippen LogP contribution in [0.2, 0.25) is 0 Å². The van der Waals surface area contributed by atoms with E-state index in [0.717, 1.165) is 24.3 Å². The fraction of sp³-hybridized carbons (Fsp3) is 0.333. The van der Waals surface area contributed by atoms with Crippen LogP contribution in [0.5, 0.6) is 0 Å². The number of benzene rings is 1. The first kappa shape index (κ1) is 19.5. The molecule has 2 aromatic rings. The van der Waals surface area contributed by atoms with Crippen LogP contribution in [0, 0.1) is 11.6 Å². The second kappa shape index (κ2) is 9.54. The Labute approximate surface area is 143 Å². The van der Waals surface area contributed by atoms with Crippen molar-refractivity contribution in [1.82, 2.24) is 15.6 Å². The molecule has 0 saturated carbocycles. The predicted octanol–water partition coefficient (Wildman–Crippen LogP) is 3.24. The predicted molar refractivity (Wildman–Crippen MR) is 90.2 cm³/mol. The molecule has 0 aliphatic rings. The molecule has 1 aromatic heterocycles. The standard InChI is InChI=1S/C15H17F2N3OS.ClH/c1-2-6-18-7-8-19-14(21)12-9-22-15(20-12)13-10(16)4-3-5-11(13)17;/h3-5,9,18H,2,6-8H2,1H3,(H,19,21);1H. The van der Waals surface area contributed by atoms with E-state index in [9.17, 15) is 13.6 Å². The van der Waals surface area contributed by atoms with Crippen LogP contribution in [-0.4, -0.2) is 30.5 Å². The van der Waals surface area contributed by atoms with E-state index in [1.54, 1.807) is 0 Å². The van der Waals surface area contributed by atoms with Gasteiger partial charge in [-0.3, -0.25) is 4.79 Å². The lowest BCUT2D eigenvalue weighted by Gasteiger charge is -2.04. The van der Waals surface area contributed by atoms with Gasteiger partial charge in [-0.05, 0) is 25.1 Å². The molecular weight excluding hydrogens is 344 g/mol. The lowest BCUT2D eigenvalue weighted by Crippen LogP contribution is -2.32. The van der Waals surface area contributed by atoms with Crippen LogP contribution >= 0.6 is 23.7 Å². The summed E-state index contributed by atoms with van der Waals surface area (Å²) in [5, 5.41) is 7.52. The maximum atomic E-state index is 13.7. The summed E-state index contributed by atoms with van der Waals surface area (Å²) in [5.74, 6) is -1.73. The lowest BCUT2D eigenvalue weighted by molar-refractivity contribution is 0.0949. The van der Waals surface area contributed by atoms with E-state index in [2.05, 4.69) is 22.5 Å². The first-order valence-electron chi connectivity index (χ1n) is 7.02. The number of hydrogen-bond acceptors (Lipinski definition) is 4. The Bertz CT molecular complexity index is 631. The zero-order valence-corrected chi connectivity index (χ0v) is 14.2. The van der Waals surface area contributed by atoms with Gasteiger partial charge in [0.2, 0.25) is 0 Å². The number of aromatic nitrogens is 1. The van der Waals surface area contributed by atoms with Gasteiger partial charge in [0.25, 0.3) is 5.91 Å². The van der Waals surface area contributed by atoms with Crippen molar-refractivity contribution in [2.24, 2.45) is 0 Å². The third-order valence-electron chi connectivity index (χ3n) is 2.93. The van der Waals surface area contributed by atoms with Gasteiger partial charge < -0.3 is 10.6 Å². The number of amides is 1. The van der Waals surface area contributed by atoms with Crippen LogP contribution in [-0.2, 0) is 0 Å². The number of nitrogens with zero attached hydrogens (tertiary/aromatic N) is 1. The molecule has 4 nitrogen and oxygen atoms in total. The molecule has 1 heterocycles. The van der Waals surface area contributed by atoms with Crippen LogP contribution in [0.25, 0.3) is 10.6 Å². The lowest BCUT2D eigenvalue weighted by atomic mass is 10.2. The largest absolute Gasteiger partial charge is 0.349 e. The van der Waals surface area contributed by atoms with Gasteiger partial charge in [-0.15, -0.1) is 23.7 Å². The fourth-order valence-electron chi connectivity index (χ4n) is 1.85. The summed E-state index contributed by atoms with van der Waals surface area (Å²) >= 11 is 1.04. The molecule has 0 unspecified atom stereocenters. The van der Waals surface area contributed by atoms with Crippen molar-refractivity contribution in [3.8, 4) is 10.6 Å². The maximum Gasteiger partial charge on any atom is 0.270 e.